The standard InChI is InChI=1S/C11H13N9/c1-19-8(2-3-15-19)6-14-10-16-9(12)17-11(18-10)20-5-4-13-7-20/h2-5,7H,6H2,1H3,(H3,12,14,16,17,18). The summed E-state index contributed by atoms with van der Waals surface area (Å²) in [5, 5.41) is 7.19. The zero-order chi connectivity index (χ0) is 13.9. The van der Waals surface area contributed by atoms with Crippen LogP contribution in [-0.4, -0.2) is 34.3 Å². The first-order valence-corrected chi connectivity index (χ1v) is 5.93. The third kappa shape index (κ3) is 2.41. The van der Waals surface area contributed by atoms with Gasteiger partial charge in [-0.25, -0.2) is 4.98 Å². The zero-order valence-electron chi connectivity index (χ0n) is 10.8. The summed E-state index contributed by atoms with van der Waals surface area (Å²) in [7, 11) is 1.87. The van der Waals surface area contributed by atoms with Gasteiger partial charge in [0.2, 0.25) is 17.8 Å². The van der Waals surface area contributed by atoms with E-state index in [1.54, 1.807) is 34.2 Å². The first-order chi connectivity index (χ1) is 9.72. The summed E-state index contributed by atoms with van der Waals surface area (Å²) < 4.78 is 3.43. The van der Waals surface area contributed by atoms with Crippen molar-refractivity contribution in [2.45, 2.75) is 6.54 Å². The molecule has 0 radical (unpaired) electrons. The Morgan fingerprint density at radius 3 is 2.85 bits per heavy atom. The van der Waals surface area contributed by atoms with Crippen molar-refractivity contribution in [3.63, 3.8) is 0 Å². The number of anilines is 2. The van der Waals surface area contributed by atoms with Crippen molar-refractivity contribution in [2.75, 3.05) is 11.1 Å². The van der Waals surface area contributed by atoms with Crippen LogP contribution in [-0.2, 0) is 13.6 Å². The largest absolute Gasteiger partial charge is 0.368 e. The van der Waals surface area contributed by atoms with Crippen LogP contribution >= 0.6 is 0 Å². The van der Waals surface area contributed by atoms with E-state index in [-0.39, 0.29) is 5.95 Å². The van der Waals surface area contributed by atoms with Gasteiger partial charge in [0.05, 0.1) is 12.2 Å². The van der Waals surface area contributed by atoms with Crippen molar-refractivity contribution in [1.82, 2.24) is 34.3 Å². The molecule has 9 heteroatoms. The molecule has 3 aromatic rings. The number of rotatable bonds is 4. The van der Waals surface area contributed by atoms with Crippen LogP contribution in [0.25, 0.3) is 5.95 Å². The Balaban J connectivity index is 1.81. The molecule has 3 N–H and O–H groups in total. The summed E-state index contributed by atoms with van der Waals surface area (Å²) in [4.78, 5) is 16.3. The summed E-state index contributed by atoms with van der Waals surface area (Å²) >= 11 is 0. The van der Waals surface area contributed by atoms with E-state index in [0.29, 0.717) is 18.4 Å². The Bertz CT molecular complexity index is 701. The molecule has 0 fully saturated rings. The molecular weight excluding hydrogens is 258 g/mol. The highest BCUT2D eigenvalue weighted by Crippen LogP contribution is 2.08. The first-order valence-electron chi connectivity index (χ1n) is 5.93. The fraction of sp³-hybridized carbons (Fsp3) is 0.182. The molecule has 0 aromatic carbocycles. The van der Waals surface area contributed by atoms with Crippen LogP contribution < -0.4 is 11.1 Å². The fourth-order valence-electron chi connectivity index (χ4n) is 1.70. The maximum Gasteiger partial charge on any atom is 0.241 e. The molecule has 102 valence electrons. The molecule has 0 spiro atoms. The van der Waals surface area contributed by atoms with Gasteiger partial charge in [-0.1, -0.05) is 0 Å². The molecule has 0 aliphatic rings. The molecule has 0 unspecified atom stereocenters. The van der Waals surface area contributed by atoms with E-state index in [2.05, 4.69) is 30.4 Å². The lowest BCUT2D eigenvalue weighted by atomic mass is 10.4. The van der Waals surface area contributed by atoms with Crippen molar-refractivity contribution < 1.29 is 0 Å². The van der Waals surface area contributed by atoms with Crippen molar-refractivity contribution in [1.29, 1.82) is 0 Å². The molecule has 0 amide bonds. The monoisotopic (exact) mass is 271 g/mol. The van der Waals surface area contributed by atoms with E-state index >= 15 is 0 Å². The molecule has 0 saturated heterocycles. The molecule has 0 saturated carbocycles. The molecule has 9 nitrogen and oxygen atoms in total. The third-order valence-electron chi connectivity index (χ3n) is 2.73. The van der Waals surface area contributed by atoms with Crippen LogP contribution in [0.4, 0.5) is 11.9 Å². The molecular formula is C11H13N9. The van der Waals surface area contributed by atoms with E-state index in [4.69, 9.17) is 5.73 Å². The molecule has 0 bridgehead atoms. The number of hydrogen-bond acceptors (Lipinski definition) is 7. The van der Waals surface area contributed by atoms with Crippen molar-refractivity contribution >= 4 is 11.9 Å². The smallest absolute Gasteiger partial charge is 0.241 e. The van der Waals surface area contributed by atoms with E-state index in [0.717, 1.165) is 5.69 Å². The SMILES string of the molecule is Cn1nccc1CNc1nc(N)nc(-n2ccnc2)n1. The number of aromatic nitrogens is 7. The van der Waals surface area contributed by atoms with Gasteiger partial charge >= 0.3 is 0 Å². The van der Waals surface area contributed by atoms with Gasteiger partial charge in [-0.3, -0.25) is 9.25 Å². The molecule has 0 atom stereocenters. The lowest BCUT2D eigenvalue weighted by molar-refractivity contribution is 0.718. The van der Waals surface area contributed by atoms with Crippen molar-refractivity contribution in [3.8, 4) is 5.95 Å². The Labute approximate surface area is 114 Å². The molecule has 3 heterocycles. The maximum atomic E-state index is 5.69. The number of nitrogens with two attached hydrogens (primary N) is 1. The number of imidazole rings is 1. The second-order valence-corrected chi connectivity index (χ2v) is 4.09. The van der Waals surface area contributed by atoms with E-state index in [1.165, 1.54) is 0 Å². The zero-order valence-corrected chi connectivity index (χ0v) is 10.8. The average molecular weight is 271 g/mol. The normalized spacial score (nSPS) is 10.7. The van der Waals surface area contributed by atoms with Crippen LogP contribution in [0.3, 0.4) is 0 Å². The highest BCUT2D eigenvalue weighted by molar-refractivity contribution is 5.35. The first kappa shape index (κ1) is 12.1. The highest BCUT2D eigenvalue weighted by Gasteiger charge is 2.06. The predicted molar refractivity (Wildman–Crippen MR) is 71.9 cm³/mol. The van der Waals surface area contributed by atoms with Crippen LogP contribution in [0.2, 0.25) is 0 Å². The number of aryl methyl sites for hydroxylation is 1. The number of hydrogen-bond donors (Lipinski definition) is 2. The molecule has 0 aliphatic carbocycles. The van der Waals surface area contributed by atoms with E-state index < -0.39 is 0 Å². The highest BCUT2D eigenvalue weighted by atomic mass is 15.3. The third-order valence-corrected chi connectivity index (χ3v) is 2.73. The second kappa shape index (κ2) is 4.96. The molecule has 3 rings (SSSR count). The molecule has 20 heavy (non-hydrogen) atoms. The minimum Gasteiger partial charge on any atom is -0.368 e. The van der Waals surface area contributed by atoms with Gasteiger partial charge in [-0.05, 0) is 6.07 Å². The van der Waals surface area contributed by atoms with Crippen molar-refractivity contribution in [2.24, 2.45) is 7.05 Å². The van der Waals surface area contributed by atoms with Gasteiger partial charge in [-0.2, -0.15) is 20.1 Å². The number of nitrogens with one attached hydrogen (secondary N) is 1. The summed E-state index contributed by atoms with van der Waals surface area (Å²) in [6, 6.07) is 1.91. The lowest BCUT2D eigenvalue weighted by Gasteiger charge is -2.07. The summed E-state index contributed by atoms with van der Waals surface area (Å²) in [5.74, 6) is 0.973. The summed E-state index contributed by atoms with van der Waals surface area (Å²) in [5.41, 5.74) is 6.70. The van der Waals surface area contributed by atoms with E-state index in [9.17, 15) is 0 Å². The second-order valence-electron chi connectivity index (χ2n) is 4.09. The Morgan fingerprint density at radius 1 is 1.25 bits per heavy atom. The fourth-order valence-corrected chi connectivity index (χ4v) is 1.70. The topological polar surface area (TPSA) is 112 Å². The van der Waals surface area contributed by atoms with E-state index in [1.807, 2.05) is 13.1 Å². The quantitative estimate of drug-likeness (QED) is 0.686. The number of nitrogen functional groups attached to an aromatic ring is 1. The van der Waals surface area contributed by atoms with Crippen LogP contribution in [0.1, 0.15) is 5.69 Å². The lowest BCUT2D eigenvalue weighted by Crippen LogP contribution is -2.12. The van der Waals surface area contributed by atoms with Gasteiger partial charge in [0.25, 0.3) is 0 Å². The van der Waals surface area contributed by atoms with Crippen molar-refractivity contribution in [3.05, 3.63) is 36.7 Å². The summed E-state index contributed by atoms with van der Waals surface area (Å²) in [6.45, 7) is 0.545. The Kier molecular flexibility index (Phi) is 2.99. The van der Waals surface area contributed by atoms with Gasteiger partial charge < -0.3 is 11.1 Å². The average Bonchev–Trinajstić information content (AvgIpc) is 3.07. The molecule has 0 aliphatic heterocycles. The summed E-state index contributed by atoms with van der Waals surface area (Å²) in [6.07, 6.45) is 6.71. The number of nitrogens with zero attached hydrogens (tertiary/aromatic N) is 7. The molecule has 3 aromatic heterocycles. The van der Waals surface area contributed by atoms with Crippen LogP contribution in [0.5, 0.6) is 0 Å². The Hall–Kier alpha value is -2.97. The minimum atomic E-state index is 0.149. The van der Waals surface area contributed by atoms with Crippen LogP contribution in [0.15, 0.2) is 31.0 Å². The van der Waals surface area contributed by atoms with Gasteiger partial charge in [0.1, 0.15) is 6.33 Å². The minimum absolute atomic E-state index is 0.149. The van der Waals surface area contributed by atoms with Gasteiger partial charge in [0.15, 0.2) is 0 Å². The Morgan fingerprint density at radius 2 is 2.15 bits per heavy atom. The van der Waals surface area contributed by atoms with Crippen LogP contribution in [0, 0.1) is 0 Å². The maximum absolute atomic E-state index is 5.69. The van der Waals surface area contributed by atoms with Gasteiger partial charge in [0, 0.05) is 25.6 Å². The predicted octanol–water partition coefficient (Wildman–Crippen LogP) is -0.0149. The van der Waals surface area contributed by atoms with Gasteiger partial charge in [-0.15, -0.1) is 0 Å².